The molecule has 0 unspecified atom stereocenters. The Morgan fingerprint density at radius 2 is 2.15 bits per heavy atom. The summed E-state index contributed by atoms with van der Waals surface area (Å²) in [5.74, 6) is 0.609. The second-order valence-corrected chi connectivity index (χ2v) is 5.35. The van der Waals surface area contributed by atoms with E-state index in [2.05, 4.69) is 15.6 Å². The third-order valence-corrected chi connectivity index (χ3v) is 3.89. The first-order valence-corrected chi connectivity index (χ1v) is 7.16. The molecule has 3 rings (SSSR count). The van der Waals surface area contributed by atoms with Crippen LogP contribution in [0.15, 0.2) is 36.7 Å². The van der Waals surface area contributed by atoms with Crippen LogP contribution in [0.2, 0.25) is 0 Å². The fourth-order valence-corrected chi connectivity index (χ4v) is 2.77. The topological polar surface area (TPSA) is 54.0 Å². The third kappa shape index (κ3) is 2.96. The van der Waals surface area contributed by atoms with Crippen LogP contribution in [-0.2, 0) is 4.79 Å². The van der Waals surface area contributed by atoms with Crippen molar-refractivity contribution in [2.45, 2.75) is 19.3 Å². The number of pyridine rings is 1. The molecule has 1 saturated heterocycles. The summed E-state index contributed by atoms with van der Waals surface area (Å²) in [6, 6.07) is 7.88. The second kappa shape index (κ2) is 6.01. The molecule has 1 aromatic heterocycles. The fraction of sp³-hybridized carbons (Fsp3) is 0.375. The molecule has 0 aliphatic carbocycles. The highest BCUT2D eigenvalue weighted by Gasteiger charge is 2.17. The number of anilines is 1. The van der Waals surface area contributed by atoms with Gasteiger partial charge in [0.25, 0.3) is 0 Å². The summed E-state index contributed by atoms with van der Waals surface area (Å²) in [5, 5.41) is 8.45. The molecular formula is C16H19N3O. The number of benzene rings is 1. The Morgan fingerprint density at radius 1 is 1.30 bits per heavy atom. The summed E-state index contributed by atoms with van der Waals surface area (Å²) < 4.78 is 0. The van der Waals surface area contributed by atoms with Crippen LogP contribution in [0.3, 0.4) is 0 Å². The molecule has 1 fully saturated rings. The average Bonchev–Trinajstić information content (AvgIpc) is 2.48. The Bertz CT molecular complexity index is 600. The van der Waals surface area contributed by atoms with Gasteiger partial charge >= 0.3 is 0 Å². The Balaban J connectivity index is 1.71. The van der Waals surface area contributed by atoms with E-state index in [1.165, 1.54) is 0 Å². The van der Waals surface area contributed by atoms with E-state index in [9.17, 15) is 4.79 Å². The minimum atomic E-state index is 0.105. The van der Waals surface area contributed by atoms with Gasteiger partial charge in [0.2, 0.25) is 5.91 Å². The van der Waals surface area contributed by atoms with Gasteiger partial charge in [-0.25, -0.2) is 0 Å². The molecular weight excluding hydrogens is 250 g/mol. The number of amides is 1. The van der Waals surface area contributed by atoms with Gasteiger partial charge in [-0.1, -0.05) is 12.1 Å². The maximum Gasteiger partial charge on any atom is 0.224 e. The molecule has 20 heavy (non-hydrogen) atoms. The molecule has 1 aliphatic rings. The molecule has 1 aromatic carbocycles. The van der Waals surface area contributed by atoms with Gasteiger partial charge in [-0.3, -0.25) is 9.78 Å². The average molecular weight is 269 g/mol. The van der Waals surface area contributed by atoms with Crippen LogP contribution in [-0.4, -0.2) is 24.0 Å². The first-order valence-electron chi connectivity index (χ1n) is 7.16. The largest absolute Gasteiger partial charge is 0.325 e. The number of rotatable bonds is 3. The first kappa shape index (κ1) is 13.1. The number of hydrogen-bond acceptors (Lipinski definition) is 3. The van der Waals surface area contributed by atoms with Crippen molar-refractivity contribution in [3.8, 4) is 0 Å². The molecule has 2 aromatic rings. The van der Waals surface area contributed by atoms with Crippen molar-refractivity contribution in [1.29, 1.82) is 0 Å². The Kier molecular flexibility index (Phi) is 3.92. The summed E-state index contributed by atoms with van der Waals surface area (Å²) in [4.78, 5) is 16.3. The fourth-order valence-electron chi connectivity index (χ4n) is 2.77. The van der Waals surface area contributed by atoms with Gasteiger partial charge in [-0.15, -0.1) is 0 Å². The third-order valence-electron chi connectivity index (χ3n) is 3.89. The van der Waals surface area contributed by atoms with Crippen molar-refractivity contribution in [1.82, 2.24) is 10.3 Å². The van der Waals surface area contributed by atoms with Crippen LogP contribution < -0.4 is 10.6 Å². The standard InChI is InChI=1S/C16H19N3O/c20-16(10-12-4-7-17-8-5-12)19-15-3-1-2-13-6-9-18-11-14(13)15/h1-3,6,9,11-12,17H,4-5,7-8,10H2,(H,19,20). The van der Waals surface area contributed by atoms with Gasteiger partial charge in [0, 0.05) is 24.2 Å². The van der Waals surface area contributed by atoms with E-state index in [1.807, 2.05) is 24.3 Å². The lowest BCUT2D eigenvalue weighted by Crippen LogP contribution is -2.30. The van der Waals surface area contributed by atoms with E-state index in [4.69, 9.17) is 0 Å². The Morgan fingerprint density at radius 3 is 3.00 bits per heavy atom. The van der Waals surface area contributed by atoms with Crippen molar-refractivity contribution < 1.29 is 4.79 Å². The van der Waals surface area contributed by atoms with E-state index in [1.54, 1.807) is 12.4 Å². The van der Waals surface area contributed by atoms with Gasteiger partial charge in [-0.05, 0) is 49.4 Å². The van der Waals surface area contributed by atoms with Crippen molar-refractivity contribution in [3.05, 3.63) is 36.7 Å². The zero-order valence-corrected chi connectivity index (χ0v) is 11.4. The van der Waals surface area contributed by atoms with Crippen molar-refractivity contribution in [2.75, 3.05) is 18.4 Å². The van der Waals surface area contributed by atoms with E-state index >= 15 is 0 Å². The molecule has 0 bridgehead atoms. The SMILES string of the molecule is O=C(CC1CCNCC1)Nc1cccc2ccncc12. The second-order valence-electron chi connectivity index (χ2n) is 5.35. The van der Waals surface area contributed by atoms with Gasteiger partial charge < -0.3 is 10.6 Å². The van der Waals surface area contributed by atoms with E-state index in [0.717, 1.165) is 42.4 Å². The zero-order chi connectivity index (χ0) is 13.8. The minimum absolute atomic E-state index is 0.105. The summed E-state index contributed by atoms with van der Waals surface area (Å²) in [6.45, 7) is 2.05. The number of hydrogen-bond donors (Lipinski definition) is 2. The van der Waals surface area contributed by atoms with Crippen molar-refractivity contribution >= 4 is 22.4 Å². The molecule has 0 atom stereocenters. The van der Waals surface area contributed by atoms with Crippen molar-refractivity contribution in [3.63, 3.8) is 0 Å². The highest BCUT2D eigenvalue weighted by molar-refractivity contribution is 6.01. The van der Waals surface area contributed by atoms with Crippen molar-refractivity contribution in [2.24, 2.45) is 5.92 Å². The van der Waals surface area contributed by atoms with Gasteiger partial charge in [-0.2, -0.15) is 0 Å². The van der Waals surface area contributed by atoms with Gasteiger partial charge in [0.1, 0.15) is 0 Å². The maximum atomic E-state index is 12.2. The van der Waals surface area contributed by atoms with Crippen LogP contribution in [0.5, 0.6) is 0 Å². The first-order chi connectivity index (χ1) is 9.83. The van der Waals surface area contributed by atoms with Crippen LogP contribution in [0.4, 0.5) is 5.69 Å². The molecule has 2 N–H and O–H groups in total. The molecule has 104 valence electrons. The van der Waals surface area contributed by atoms with Crippen LogP contribution in [0.25, 0.3) is 10.8 Å². The maximum absolute atomic E-state index is 12.2. The number of nitrogens with one attached hydrogen (secondary N) is 2. The molecule has 1 amide bonds. The molecule has 4 nitrogen and oxygen atoms in total. The molecule has 1 aliphatic heterocycles. The van der Waals surface area contributed by atoms with Crippen LogP contribution in [0.1, 0.15) is 19.3 Å². The molecule has 0 spiro atoms. The summed E-state index contributed by atoms with van der Waals surface area (Å²) in [6.07, 6.45) is 6.35. The van der Waals surface area contributed by atoms with Crippen LogP contribution >= 0.6 is 0 Å². The predicted molar refractivity (Wildman–Crippen MR) is 80.6 cm³/mol. The number of nitrogens with zero attached hydrogens (tertiary/aromatic N) is 1. The monoisotopic (exact) mass is 269 g/mol. The van der Waals surface area contributed by atoms with E-state index in [-0.39, 0.29) is 5.91 Å². The Labute approximate surface area is 118 Å². The summed E-state index contributed by atoms with van der Waals surface area (Å²) in [7, 11) is 0. The van der Waals surface area contributed by atoms with Crippen LogP contribution in [0, 0.1) is 5.92 Å². The number of piperidine rings is 1. The minimum Gasteiger partial charge on any atom is -0.325 e. The lowest BCUT2D eigenvalue weighted by molar-refractivity contribution is -0.117. The normalized spacial score (nSPS) is 16.2. The predicted octanol–water partition coefficient (Wildman–Crippen LogP) is 2.56. The van der Waals surface area contributed by atoms with Gasteiger partial charge in [0.15, 0.2) is 0 Å². The highest BCUT2D eigenvalue weighted by Crippen LogP contribution is 2.23. The number of aromatic nitrogens is 1. The number of carbonyl (C=O) groups excluding carboxylic acids is 1. The lowest BCUT2D eigenvalue weighted by atomic mass is 9.94. The van der Waals surface area contributed by atoms with E-state index in [0.29, 0.717) is 12.3 Å². The summed E-state index contributed by atoms with van der Waals surface area (Å²) >= 11 is 0. The summed E-state index contributed by atoms with van der Waals surface area (Å²) in [5.41, 5.74) is 0.856. The molecule has 4 heteroatoms. The quantitative estimate of drug-likeness (QED) is 0.900. The number of carbonyl (C=O) groups is 1. The smallest absolute Gasteiger partial charge is 0.224 e. The lowest BCUT2D eigenvalue weighted by Gasteiger charge is -2.22. The Hall–Kier alpha value is -1.94. The highest BCUT2D eigenvalue weighted by atomic mass is 16.1. The van der Waals surface area contributed by atoms with E-state index < -0.39 is 0 Å². The molecule has 0 radical (unpaired) electrons. The number of fused-ring (bicyclic) bond motifs is 1. The van der Waals surface area contributed by atoms with Gasteiger partial charge in [0.05, 0.1) is 5.69 Å². The molecule has 0 saturated carbocycles. The molecule has 2 heterocycles. The zero-order valence-electron chi connectivity index (χ0n) is 11.4.